The van der Waals surface area contributed by atoms with Gasteiger partial charge in [0, 0.05) is 5.75 Å². The summed E-state index contributed by atoms with van der Waals surface area (Å²) in [6, 6.07) is -0.485. The molecule has 1 saturated heterocycles. The largest absolute Gasteiger partial charge is 0.468 e. The van der Waals surface area contributed by atoms with Crippen LogP contribution in [0.1, 0.15) is 51.4 Å². The number of thioether (sulfide) groups is 1. The van der Waals surface area contributed by atoms with Gasteiger partial charge in [0.15, 0.2) is 0 Å². The molecule has 0 radical (unpaired) electrons. The van der Waals surface area contributed by atoms with Crippen LogP contribution in [0.2, 0.25) is 0 Å². The SMILES string of the molecule is COC(=O)C(N)CCSCC1CCC2(CCCCC2)O1. The second-order valence-corrected chi connectivity index (χ2v) is 7.17. The minimum Gasteiger partial charge on any atom is -0.468 e. The molecule has 5 heteroatoms. The van der Waals surface area contributed by atoms with Crippen LogP contribution in [0.5, 0.6) is 0 Å². The van der Waals surface area contributed by atoms with E-state index in [2.05, 4.69) is 4.74 Å². The molecule has 20 heavy (non-hydrogen) atoms. The quantitative estimate of drug-likeness (QED) is 0.603. The summed E-state index contributed by atoms with van der Waals surface area (Å²) in [5, 5.41) is 0. The maximum atomic E-state index is 11.2. The predicted molar refractivity (Wildman–Crippen MR) is 81.9 cm³/mol. The molecule has 116 valence electrons. The normalized spacial score (nSPS) is 26.6. The van der Waals surface area contributed by atoms with Crippen molar-refractivity contribution in [3.05, 3.63) is 0 Å². The van der Waals surface area contributed by atoms with Gasteiger partial charge in [-0.1, -0.05) is 19.3 Å². The Kier molecular flexibility index (Phi) is 6.18. The Morgan fingerprint density at radius 2 is 2.15 bits per heavy atom. The van der Waals surface area contributed by atoms with Gasteiger partial charge in [-0.3, -0.25) is 4.79 Å². The standard InChI is InChI=1S/C15H27NO3S/c1-18-14(17)13(16)6-10-20-11-12-5-9-15(19-12)7-3-2-4-8-15/h12-13H,2-11,16H2,1H3. The number of ether oxygens (including phenoxy) is 2. The molecule has 1 aliphatic heterocycles. The summed E-state index contributed by atoms with van der Waals surface area (Å²) in [6.07, 6.45) is 10.0. The van der Waals surface area contributed by atoms with Crippen LogP contribution in [0.25, 0.3) is 0 Å². The van der Waals surface area contributed by atoms with E-state index in [9.17, 15) is 4.79 Å². The van der Waals surface area contributed by atoms with Crippen LogP contribution < -0.4 is 5.73 Å². The monoisotopic (exact) mass is 301 g/mol. The summed E-state index contributed by atoms with van der Waals surface area (Å²) in [5.41, 5.74) is 5.93. The Balaban J connectivity index is 1.60. The van der Waals surface area contributed by atoms with E-state index in [1.54, 1.807) is 0 Å². The lowest BCUT2D eigenvalue weighted by Gasteiger charge is -2.33. The first-order chi connectivity index (χ1) is 9.65. The van der Waals surface area contributed by atoms with Gasteiger partial charge >= 0.3 is 5.97 Å². The highest BCUT2D eigenvalue weighted by Gasteiger charge is 2.40. The predicted octanol–water partition coefficient (Wildman–Crippen LogP) is 2.49. The summed E-state index contributed by atoms with van der Waals surface area (Å²) in [5.74, 6) is 1.60. The van der Waals surface area contributed by atoms with Crippen molar-refractivity contribution < 1.29 is 14.3 Å². The fourth-order valence-corrected chi connectivity index (χ4v) is 4.36. The van der Waals surface area contributed by atoms with E-state index in [1.165, 1.54) is 52.1 Å². The van der Waals surface area contributed by atoms with Crippen LogP contribution in [0.15, 0.2) is 0 Å². The third-order valence-electron chi connectivity index (χ3n) is 4.48. The summed E-state index contributed by atoms with van der Waals surface area (Å²) in [6.45, 7) is 0. The van der Waals surface area contributed by atoms with E-state index in [-0.39, 0.29) is 11.6 Å². The van der Waals surface area contributed by atoms with Crippen LogP contribution in [0.3, 0.4) is 0 Å². The third-order valence-corrected chi connectivity index (χ3v) is 5.62. The van der Waals surface area contributed by atoms with E-state index >= 15 is 0 Å². The van der Waals surface area contributed by atoms with E-state index in [0.29, 0.717) is 12.5 Å². The molecular formula is C15H27NO3S. The van der Waals surface area contributed by atoms with Crippen molar-refractivity contribution in [3.8, 4) is 0 Å². The van der Waals surface area contributed by atoms with Crippen LogP contribution in [0, 0.1) is 0 Å². The van der Waals surface area contributed by atoms with Gasteiger partial charge in [-0.2, -0.15) is 11.8 Å². The van der Waals surface area contributed by atoms with Crippen molar-refractivity contribution in [2.75, 3.05) is 18.6 Å². The maximum absolute atomic E-state index is 11.2. The number of hydrogen-bond acceptors (Lipinski definition) is 5. The Hall–Kier alpha value is -0.260. The molecule has 2 atom stereocenters. The highest BCUT2D eigenvalue weighted by atomic mass is 32.2. The molecule has 2 fully saturated rings. The maximum Gasteiger partial charge on any atom is 0.322 e. The minimum atomic E-state index is -0.485. The van der Waals surface area contributed by atoms with Gasteiger partial charge in [0.25, 0.3) is 0 Å². The van der Waals surface area contributed by atoms with Gasteiger partial charge in [0.1, 0.15) is 6.04 Å². The average molecular weight is 301 g/mol. The van der Waals surface area contributed by atoms with E-state index in [1.807, 2.05) is 11.8 Å². The third kappa shape index (κ3) is 4.37. The van der Waals surface area contributed by atoms with Crippen LogP contribution in [-0.2, 0) is 14.3 Å². The molecule has 0 aromatic heterocycles. The smallest absolute Gasteiger partial charge is 0.322 e. The van der Waals surface area contributed by atoms with E-state index in [4.69, 9.17) is 10.5 Å². The topological polar surface area (TPSA) is 61.5 Å². The molecule has 2 N–H and O–H groups in total. The number of rotatable bonds is 6. The number of carbonyl (C=O) groups is 1. The fraction of sp³-hybridized carbons (Fsp3) is 0.933. The Labute approximate surface area is 126 Å². The molecule has 1 spiro atoms. The van der Waals surface area contributed by atoms with Gasteiger partial charge in [-0.15, -0.1) is 0 Å². The van der Waals surface area contributed by atoms with Gasteiger partial charge in [-0.05, 0) is 37.9 Å². The van der Waals surface area contributed by atoms with Crippen molar-refractivity contribution in [3.63, 3.8) is 0 Å². The molecule has 2 rings (SSSR count). The summed E-state index contributed by atoms with van der Waals surface area (Å²) in [7, 11) is 1.38. The van der Waals surface area contributed by atoms with Crippen molar-refractivity contribution in [2.45, 2.75) is 69.1 Å². The molecule has 2 unspecified atom stereocenters. The molecule has 2 aliphatic rings. The summed E-state index contributed by atoms with van der Waals surface area (Å²) in [4.78, 5) is 11.2. The lowest BCUT2D eigenvalue weighted by atomic mass is 9.83. The average Bonchev–Trinajstić information content (AvgIpc) is 2.86. The van der Waals surface area contributed by atoms with Gasteiger partial charge in [0.05, 0.1) is 18.8 Å². The Morgan fingerprint density at radius 3 is 2.85 bits per heavy atom. The number of esters is 1. The van der Waals surface area contributed by atoms with Crippen LogP contribution in [0.4, 0.5) is 0 Å². The van der Waals surface area contributed by atoms with Crippen LogP contribution >= 0.6 is 11.8 Å². The van der Waals surface area contributed by atoms with E-state index in [0.717, 1.165) is 11.5 Å². The van der Waals surface area contributed by atoms with Gasteiger partial charge in [0.2, 0.25) is 0 Å². The summed E-state index contributed by atoms with van der Waals surface area (Å²) >= 11 is 1.84. The first kappa shape index (κ1) is 16.1. The van der Waals surface area contributed by atoms with Crippen molar-refractivity contribution in [1.29, 1.82) is 0 Å². The zero-order chi connectivity index (χ0) is 14.4. The molecule has 4 nitrogen and oxygen atoms in total. The molecule has 0 bridgehead atoms. The van der Waals surface area contributed by atoms with E-state index < -0.39 is 6.04 Å². The second-order valence-electron chi connectivity index (χ2n) is 6.02. The molecule has 0 aromatic rings. The Morgan fingerprint density at radius 1 is 1.40 bits per heavy atom. The molecular weight excluding hydrogens is 274 g/mol. The van der Waals surface area contributed by atoms with Crippen molar-refractivity contribution in [2.24, 2.45) is 5.73 Å². The highest BCUT2D eigenvalue weighted by Crippen LogP contribution is 2.42. The first-order valence-electron chi connectivity index (χ1n) is 7.74. The number of nitrogens with two attached hydrogens (primary N) is 1. The molecule has 1 heterocycles. The number of methoxy groups -OCH3 is 1. The lowest BCUT2D eigenvalue weighted by Crippen LogP contribution is -2.32. The zero-order valence-corrected chi connectivity index (χ0v) is 13.3. The zero-order valence-electron chi connectivity index (χ0n) is 12.4. The van der Waals surface area contributed by atoms with Gasteiger partial charge < -0.3 is 15.2 Å². The fourth-order valence-electron chi connectivity index (χ4n) is 3.27. The van der Waals surface area contributed by atoms with Crippen molar-refractivity contribution in [1.82, 2.24) is 0 Å². The van der Waals surface area contributed by atoms with Crippen molar-refractivity contribution >= 4 is 17.7 Å². The lowest BCUT2D eigenvalue weighted by molar-refractivity contribution is -0.142. The molecule has 0 amide bonds. The molecule has 1 aliphatic carbocycles. The second kappa shape index (κ2) is 7.66. The number of carbonyl (C=O) groups excluding carboxylic acids is 1. The van der Waals surface area contributed by atoms with Crippen LogP contribution in [-0.4, -0.2) is 42.3 Å². The molecule has 0 aromatic carbocycles. The number of hydrogen-bond donors (Lipinski definition) is 1. The highest BCUT2D eigenvalue weighted by molar-refractivity contribution is 7.99. The minimum absolute atomic E-state index is 0.214. The van der Waals surface area contributed by atoms with Gasteiger partial charge in [-0.25, -0.2) is 0 Å². The summed E-state index contributed by atoms with van der Waals surface area (Å²) < 4.78 is 10.9. The molecule has 1 saturated carbocycles. The Bertz CT molecular complexity index is 318. The first-order valence-corrected chi connectivity index (χ1v) is 8.90.